The molecule has 2 aromatic rings. The second-order valence-corrected chi connectivity index (χ2v) is 6.28. The number of thiazole rings is 1. The van der Waals surface area contributed by atoms with E-state index in [2.05, 4.69) is 10.3 Å². The average Bonchev–Trinajstić information content (AvgIpc) is 3.15. The van der Waals surface area contributed by atoms with Crippen molar-refractivity contribution < 1.29 is 4.39 Å². The molecule has 0 aliphatic heterocycles. The molecule has 5 heteroatoms. The SMILES string of the molecule is CNCc1sc(-c2cc(Cl)ccc2F)nc1C1CC1. The number of halogens is 2. The number of nitrogens with one attached hydrogen (secondary N) is 1. The summed E-state index contributed by atoms with van der Waals surface area (Å²) in [5, 5.41) is 4.41. The molecule has 1 aromatic heterocycles. The third kappa shape index (κ3) is 2.66. The maximum absolute atomic E-state index is 13.9. The van der Waals surface area contributed by atoms with Crippen molar-refractivity contribution in [3.63, 3.8) is 0 Å². The third-order valence-electron chi connectivity index (χ3n) is 3.19. The van der Waals surface area contributed by atoms with E-state index in [0.717, 1.165) is 17.2 Å². The summed E-state index contributed by atoms with van der Waals surface area (Å²) in [4.78, 5) is 5.85. The topological polar surface area (TPSA) is 24.9 Å². The van der Waals surface area contributed by atoms with Gasteiger partial charge >= 0.3 is 0 Å². The highest BCUT2D eigenvalue weighted by Gasteiger charge is 2.30. The predicted molar refractivity (Wildman–Crippen MR) is 77.3 cm³/mol. The quantitative estimate of drug-likeness (QED) is 0.914. The van der Waals surface area contributed by atoms with E-state index in [0.29, 0.717) is 16.5 Å². The van der Waals surface area contributed by atoms with E-state index in [-0.39, 0.29) is 5.82 Å². The van der Waals surface area contributed by atoms with Gasteiger partial charge in [-0.25, -0.2) is 9.37 Å². The fourth-order valence-corrected chi connectivity index (χ4v) is 3.45. The van der Waals surface area contributed by atoms with Crippen LogP contribution >= 0.6 is 22.9 Å². The van der Waals surface area contributed by atoms with Crippen molar-refractivity contribution in [2.24, 2.45) is 0 Å². The zero-order valence-electron chi connectivity index (χ0n) is 10.5. The van der Waals surface area contributed by atoms with Gasteiger partial charge in [-0.1, -0.05) is 11.6 Å². The van der Waals surface area contributed by atoms with Crippen LogP contribution < -0.4 is 5.32 Å². The van der Waals surface area contributed by atoms with E-state index in [1.165, 1.54) is 23.8 Å². The van der Waals surface area contributed by atoms with Gasteiger partial charge in [0.1, 0.15) is 10.8 Å². The van der Waals surface area contributed by atoms with Crippen LogP contribution in [-0.2, 0) is 6.54 Å². The normalized spacial score (nSPS) is 14.9. The maximum atomic E-state index is 13.9. The van der Waals surface area contributed by atoms with E-state index in [4.69, 9.17) is 11.6 Å². The van der Waals surface area contributed by atoms with E-state index < -0.39 is 0 Å². The first kappa shape index (κ1) is 13.0. The van der Waals surface area contributed by atoms with Crippen LogP contribution in [0.2, 0.25) is 5.02 Å². The Morgan fingerprint density at radius 1 is 1.47 bits per heavy atom. The lowest BCUT2D eigenvalue weighted by molar-refractivity contribution is 0.631. The minimum atomic E-state index is -0.267. The number of hydrogen-bond acceptors (Lipinski definition) is 3. The van der Waals surface area contributed by atoms with Gasteiger partial charge < -0.3 is 5.32 Å². The van der Waals surface area contributed by atoms with Crippen molar-refractivity contribution in [3.05, 3.63) is 39.6 Å². The molecule has 1 N–H and O–H groups in total. The summed E-state index contributed by atoms with van der Waals surface area (Å²) in [6.45, 7) is 0.783. The highest BCUT2D eigenvalue weighted by atomic mass is 35.5. The number of hydrogen-bond donors (Lipinski definition) is 1. The second-order valence-electron chi connectivity index (χ2n) is 4.76. The number of nitrogens with zero attached hydrogens (tertiary/aromatic N) is 1. The van der Waals surface area contributed by atoms with Gasteiger partial charge in [-0.2, -0.15) is 0 Å². The molecule has 3 rings (SSSR count). The summed E-state index contributed by atoms with van der Waals surface area (Å²) in [6, 6.07) is 4.60. The number of aromatic nitrogens is 1. The van der Waals surface area contributed by atoms with Gasteiger partial charge in [0.2, 0.25) is 0 Å². The average molecular weight is 297 g/mol. The van der Waals surface area contributed by atoms with E-state index >= 15 is 0 Å². The van der Waals surface area contributed by atoms with Crippen molar-refractivity contribution >= 4 is 22.9 Å². The summed E-state index contributed by atoms with van der Waals surface area (Å²) in [5.74, 6) is 0.298. The molecular formula is C14H14ClFN2S. The Labute approximate surface area is 120 Å². The monoisotopic (exact) mass is 296 g/mol. The zero-order valence-corrected chi connectivity index (χ0v) is 12.1. The summed E-state index contributed by atoms with van der Waals surface area (Å²) < 4.78 is 13.9. The highest BCUT2D eigenvalue weighted by molar-refractivity contribution is 7.15. The molecule has 0 unspecified atom stereocenters. The van der Waals surface area contributed by atoms with Gasteiger partial charge in [0.05, 0.1) is 5.69 Å². The zero-order chi connectivity index (χ0) is 13.4. The summed E-state index contributed by atoms with van der Waals surface area (Å²) in [5.41, 5.74) is 1.63. The van der Waals surface area contributed by atoms with Crippen LogP contribution in [0, 0.1) is 5.82 Å². The largest absolute Gasteiger partial charge is 0.315 e. The molecular weight excluding hydrogens is 283 g/mol. The Hall–Kier alpha value is -0.970. The second kappa shape index (κ2) is 5.19. The van der Waals surface area contributed by atoms with Crippen molar-refractivity contribution in [2.45, 2.75) is 25.3 Å². The fourth-order valence-electron chi connectivity index (χ4n) is 2.10. The molecule has 1 aromatic carbocycles. The molecule has 0 amide bonds. The fraction of sp³-hybridized carbons (Fsp3) is 0.357. The Kier molecular flexibility index (Phi) is 3.56. The molecule has 19 heavy (non-hydrogen) atoms. The third-order valence-corrected chi connectivity index (χ3v) is 4.53. The molecule has 0 radical (unpaired) electrons. The molecule has 2 nitrogen and oxygen atoms in total. The van der Waals surface area contributed by atoms with Crippen LogP contribution in [0.5, 0.6) is 0 Å². The van der Waals surface area contributed by atoms with Gasteiger partial charge in [0, 0.05) is 27.9 Å². The molecule has 0 bridgehead atoms. The lowest BCUT2D eigenvalue weighted by Gasteiger charge is -1.99. The highest BCUT2D eigenvalue weighted by Crippen LogP contribution is 2.44. The minimum Gasteiger partial charge on any atom is -0.315 e. The first-order valence-electron chi connectivity index (χ1n) is 6.28. The summed E-state index contributed by atoms with van der Waals surface area (Å²) >= 11 is 7.50. The number of rotatable bonds is 4. The van der Waals surface area contributed by atoms with Crippen molar-refractivity contribution in [1.82, 2.24) is 10.3 Å². The minimum absolute atomic E-state index is 0.267. The molecule has 0 saturated heterocycles. The van der Waals surface area contributed by atoms with Crippen molar-refractivity contribution in [1.29, 1.82) is 0 Å². The molecule has 1 saturated carbocycles. The first-order valence-corrected chi connectivity index (χ1v) is 7.48. The lowest BCUT2D eigenvalue weighted by Crippen LogP contribution is -2.05. The van der Waals surface area contributed by atoms with Crippen molar-refractivity contribution in [2.75, 3.05) is 7.05 Å². The Morgan fingerprint density at radius 3 is 2.95 bits per heavy atom. The van der Waals surface area contributed by atoms with Gasteiger partial charge in [-0.3, -0.25) is 0 Å². The molecule has 1 aliphatic carbocycles. The molecule has 100 valence electrons. The molecule has 1 fully saturated rings. The van der Waals surface area contributed by atoms with Crippen LogP contribution in [0.25, 0.3) is 10.6 Å². The van der Waals surface area contributed by atoms with Gasteiger partial charge in [0.25, 0.3) is 0 Å². The van der Waals surface area contributed by atoms with Crippen molar-refractivity contribution in [3.8, 4) is 10.6 Å². The van der Waals surface area contributed by atoms with Gasteiger partial charge in [-0.05, 0) is 38.1 Å². The van der Waals surface area contributed by atoms with Gasteiger partial charge in [-0.15, -0.1) is 11.3 Å². The Morgan fingerprint density at radius 2 is 2.26 bits per heavy atom. The lowest BCUT2D eigenvalue weighted by atomic mass is 10.2. The number of benzene rings is 1. The van der Waals surface area contributed by atoms with E-state index in [9.17, 15) is 4.39 Å². The van der Waals surface area contributed by atoms with Crippen LogP contribution in [0.3, 0.4) is 0 Å². The summed E-state index contributed by atoms with van der Waals surface area (Å²) in [6.07, 6.45) is 2.38. The van der Waals surface area contributed by atoms with E-state index in [1.54, 1.807) is 23.5 Å². The molecule has 0 atom stereocenters. The molecule has 0 spiro atoms. The maximum Gasteiger partial charge on any atom is 0.133 e. The summed E-state index contributed by atoms with van der Waals surface area (Å²) in [7, 11) is 1.91. The Bertz CT molecular complexity index is 607. The molecule has 1 aliphatic rings. The van der Waals surface area contributed by atoms with Crippen LogP contribution in [-0.4, -0.2) is 12.0 Å². The van der Waals surface area contributed by atoms with Gasteiger partial charge in [0.15, 0.2) is 0 Å². The Balaban J connectivity index is 2.04. The van der Waals surface area contributed by atoms with Crippen LogP contribution in [0.15, 0.2) is 18.2 Å². The van der Waals surface area contributed by atoms with E-state index in [1.807, 2.05) is 7.05 Å². The molecule has 1 heterocycles. The first-order chi connectivity index (χ1) is 9.19. The van der Waals surface area contributed by atoms with Crippen LogP contribution in [0.4, 0.5) is 4.39 Å². The smallest absolute Gasteiger partial charge is 0.133 e. The van der Waals surface area contributed by atoms with Crippen LogP contribution in [0.1, 0.15) is 29.3 Å². The predicted octanol–water partition coefficient (Wildman–Crippen LogP) is 4.20. The standard InChI is InChI=1S/C14H14ClFN2S/c1-17-7-12-13(8-2-3-8)18-14(19-12)10-6-9(15)4-5-11(10)16/h4-6,8,17H,2-3,7H2,1H3.